The molecule has 116 valence electrons. The second-order valence-electron chi connectivity index (χ2n) is 5.71. The molecule has 1 aromatic rings. The van der Waals surface area contributed by atoms with Gasteiger partial charge in [0.25, 0.3) is 0 Å². The number of aromatic nitrogens is 3. The Balaban J connectivity index is 1.57. The van der Waals surface area contributed by atoms with Crippen molar-refractivity contribution in [1.29, 1.82) is 0 Å². The lowest BCUT2D eigenvalue weighted by atomic mass is 10.3. The Morgan fingerprint density at radius 3 is 2.90 bits per heavy atom. The van der Waals surface area contributed by atoms with Crippen LogP contribution in [0.4, 0.5) is 0 Å². The van der Waals surface area contributed by atoms with Crippen LogP contribution in [0.1, 0.15) is 24.5 Å². The molecular weight excluding hydrogens is 272 g/mol. The van der Waals surface area contributed by atoms with Crippen molar-refractivity contribution >= 4 is 5.91 Å². The molecule has 1 fully saturated rings. The Kier molecular flexibility index (Phi) is 4.50. The smallest absolute Gasteiger partial charge is 0.248 e. The van der Waals surface area contributed by atoms with E-state index < -0.39 is 0 Å². The van der Waals surface area contributed by atoms with E-state index in [0.29, 0.717) is 19.7 Å². The van der Waals surface area contributed by atoms with Crippen molar-refractivity contribution in [2.75, 3.05) is 33.4 Å². The third kappa shape index (κ3) is 3.59. The van der Waals surface area contributed by atoms with Gasteiger partial charge in [0.2, 0.25) is 5.91 Å². The Labute approximate surface area is 124 Å². The molecule has 2 heterocycles. The molecule has 0 saturated heterocycles. The van der Waals surface area contributed by atoms with E-state index in [9.17, 15) is 4.79 Å². The summed E-state index contributed by atoms with van der Waals surface area (Å²) in [5.41, 5.74) is 0. The van der Waals surface area contributed by atoms with E-state index in [2.05, 4.69) is 14.8 Å². The molecule has 0 N–H and O–H groups in total. The van der Waals surface area contributed by atoms with Crippen molar-refractivity contribution in [2.45, 2.75) is 32.4 Å². The number of carbonyl (C=O) groups is 1. The molecule has 0 aromatic carbocycles. The molecule has 3 rings (SSSR count). The van der Waals surface area contributed by atoms with Crippen LogP contribution in [-0.4, -0.2) is 59.0 Å². The number of amides is 1. The monoisotopic (exact) mass is 294 g/mol. The highest BCUT2D eigenvalue weighted by Crippen LogP contribution is 2.29. The van der Waals surface area contributed by atoms with Gasteiger partial charge in [0.05, 0.1) is 0 Å². The minimum atomic E-state index is 0.0303. The third-order valence-electron chi connectivity index (χ3n) is 4.01. The van der Waals surface area contributed by atoms with E-state index >= 15 is 0 Å². The SMILES string of the molecule is COCC(=O)N1CCc2nnc(COCC3CC3)n2CC1. The number of hydrogen-bond donors (Lipinski definition) is 0. The average Bonchev–Trinajstić information content (AvgIpc) is 3.25. The minimum Gasteiger partial charge on any atom is -0.375 e. The van der Waals surface area contributed by atoms with Gasteiger partial charge in [0.15, 0.2) is 5.82 Å². The van der Waals surface area contributed by atoms with E-state index in [4.69, 9.17) is 9.47 Å². The van der Waals surface area contributed by atoms with Crippen LogP contribution in [0.5, 0.6) is 0 Å². The first-order valence-electron chi connectivity index (χ1n) is 7.53. The predicted molar refractivity (Wildman–Crippen MR) is 74.6 cm³/mol. The maximum atomic E-state index is 11.9. The molecule has 21 heavy (non-hydrogen) atoms. The maximum absolute atomic E-state index is 11.9. The molecule has 1 aliphatic heterocycles. The third-order valence-corrected chi connectivity index (χ3v) is 4.01. The molecule has 0 bridgehead atoms. The van der Waals surface area contributed by atoms with Gasteiger partial charge in [-0.3, -0.25) is 4.79 Å². The molecule has 1 aliphatic carbocycles. The zero-order chi connectivity index (χ0) is 14.7. The van der Waals surface area contributed by atoms with Crippen LogP contribution in [0.25, 0.3) is 0 Å². The lowest BCUT2D eigenvalue weighted by molar-refractivity contribution is -0.135. The summed E-state index contributed by atoms with van der Waals surface area (Å²) in [6.45, 7) is 3.53. The van der Waals surface area contributed by atoms with Crippen molar-refractivity contribution < 1.29 is 14.3 Å². The predicted octanol–water partition coefficient (Wildman–Crippen LogP) is 0.236. The van der Waals surface area contributed by atoms with Crippen LogP contribution >= 0.6 is 0 Å². The molecule has 0 spiro atoms. The number of carbonyl (C=O) groups excluding carboxylic acids is 1. The fraction of sp³-hybridized carbons (Fsp3) is 0.786. The Bertz CT molecular complexity index is 498. The molecule has 1 saturated carbocycles. The Morgan fingerprint density at radius 1 is 1.29 bits per heavy atom. The first-order valence-corrected chi connectivity index (χ1v) is 7.53. The first-order chi connectivity index (χ1) is 10.3. The molecule has 1 amide bonds. The first kappa shape index (κ1) is 14.5. The average molecular weight is 294 g/mol. The molecule has 0 radical (unpaired) electrons. The highest BCUT2D eigenvalue weighted by atomic mass is 16.5. The normalized spacial score (nSPS) is 18.4. The molecule has 0 unspecified atom stereocenters. The van der Waals surface area contributed by atoms with Crippen LogP contribution in [0.2, 0.25) is 0 Å². The fourth-order valence-electron chi connectivity index (χ4n) is 2.56. The summed E-state index contributed by atoms with van der Waals surface area (Å²) in [6.07, 6.45) is 3.30. The van der Waals surface area contributed by atoms with Crippen LogP contribution in [-0.2, 0) is 33.8 Å². The quantitative estimate of drug-likeness (QED) is 0.751. The maximum Gasteiger partial charge on any atom is 0.248 e. The summed E-state index contributed by atoms with van der Waals surface area (Å²) in [4.78, 5) is 13.7. The summed E-state index contributed by atoms with van der Waals surface area (Å²) in [7, 11) is 1.54. The van der Waals surface area contributed by atoms with Gasteiger partial charge in [-0.15, -0.1) is 10.2 Å². The van der Waals surface area contributed by atoms with Gasteiger partial charge in [0.1, 0.15) is 19.0 Å². The summed E-state index contributed by atoms with van der Waals surface area (Å²) in [6, 6.07) is 0. The minimum absolute atomic E-state index is 0.0303. The van der Waals surface area contributed by atoms with Gasteiger partial charge in [-0.2, -0.15) is 0 Å². The summed E-state index contributed by atoms with van der Waals surface area (Å²) in [5, 5.41) is 8.46. The van der Waals surface area contributed by atoms with E-state index in [1.807, 2.05) is 4.90 Å². The van der Waals surface area contributed by atoms with Crippen LogP contribution < -0.4 is 0 Å². The molecule has 1 aromatic heterocycles. The second kappa shape index (κ2) is 6.53. The zero-order valence-corrected chi connectivity index (χ0v) is 12.5. The number of fused-ring (bicyclic) bond motifs is 1. The number of rotatable bonds is 6. The lowest BCUT2D eigenvalue weighted by Gasteiger charge is -2.19. The van der Waals surface area contributed by atoms with Gasteiger partial charge >= 0.3 is 0 Å². The van der Waals surface area contributed by atoms with Crippen molar-refractivity contribution in [1.82, 2.24) is 19.7 Å². The van der Waals surface area contributed by atoms with Gasteiger partial charge < -0.3 is 18.9 Å². The zero-order valence-electron chi connectivity index (χ0n) is 12.5. The molecule has 7 heteroatoms. The highest BCUT2D eigenvalue weighted by molar-refractivity contribution is 5.77. The van der Waals surface area contributed by atoms with E-state index in [1.165, 1.54) is 12.8 Å². The second-order valence-corrected chi connectivity index (χ2v) is 5.71. The molecule has 7 nitrogen and oxygen atoms in total. The highest BCUT2D eigenvalue weighted by Gasteiger charge is 2.23. The number of ether oxygens (including phenoxy) is 2. The standard InChI is InChI=1S/C14H22N4O3/c1-20-10-14(19)17-5-4-12-15-16-13(18(12)7-6-17)9-21-8-11-2-3-11/h11H,2-10H2,1H3. The van der Waals surface area contributed by atoms with E-state index in [0.717, 1.165) is 37.1 Å². The number of hydrogen-bond acceptors (Lipinski definition) is 5. The van der Waals surface area contributed by atoms with Crippen LogP contribution in [0.3, 0.4) is 0 Å². The van der Waals surface area contributed by atoms with Crippen LogP contribution in [0, 0.1) is 5.92 Å². The van der Waals surface area contributed by atoms with Gasteiger partial charge in [-0.05, 0) is 18.8 Å². The summed E-state index contributed by atoms with van der Waals surface area (Å²) < 4.78 is 12.7. The largest absolute Gasteiger partial charge is 0.375 e. The topological polar surface area (TPSA) is 69.5 Å². The molecule has 0 atom stereocenters. The van der Waals surface area contributed by atoms with Gasteiger partial charge in [-0.25, -0.2) is 0 Å². The van der Waals surface area contributed by atoms with E-state index in [-0.39, 0.29) is 12.5 Å². The Morgan fingerprint density at radius 2 is 2.14 bits per heavy atom. The summed E-state index contributed by atoms with van der Waals surface area (Å²) >= 11 is 0. The van der Waals surface area contributed by atoms with Crippen molar-refractivity contribution in [3.8, 4) is 0 Å². The molecular formula is C14H22N4O3. The van der Waals surface area contributed by atoms with Gasteiger partial charge in [0, 0.05) is 39.8 Å². The van der Waals surface area contributed by atoms with Crippen molar-refractivity contribution in [3.05, 3.63) is 11.6 Å². The van der Waals surface area contributed by atoms with E-state index in [1.54, 1.807) is 7.11 Å². The fourth-order valence-corrected chi connectivity index (χ4v) is 2.56. The lowest BCUT2D eigenvalue weighted by Crippen LogP contribution is -2.36. The molecule has 2 aliphatic rings. The summed E-state index contributed by atoms with van der Waals surface area (Å²) in [5.74, 6) is 2.58. The van der Waals surface area contributed by atoms with Crippen molar-refractivity contribution in [2.24, 2.45) is 5.92 Å². The number of nitrogens with zero attached hydrogens (tertiary/aromatic N) is 4. The number of methoxy groups -OCH3 is 1. The Hall–Kier alpha value is -1.47. The van der Waals surface area contributed by atoms with Crippen molar-refractivity contribution in [3.63, 3.8) is 0 Å². The van der Waals surface area contributed by atoms with Crippen LogP contribution in [0.15, 0.2) is 0 Å². The van der Waals surface area contributed by atoms with Gasteiger partial charge in [-0.1, -0.05) is 0 Å².